The van der Waals surface area contributed by atoms with Gasteiger partial charge >= 0.3 is 0 Å². The van der Waals surface area contributed by atoms with Crippen LogP contribution in [0.1, 0.15) is 48.8 Å². The number of hydrogen-bond acceptors (Lipinski definition) is 3. The molecule has 31 heavy (non-hydrogen) atoms. The molecule has 1 aromatic carbocycles. The summed E-state index contributed by atoms with van der Waals surface area (Å²) in [6.45, 7) is 9.31. The molecule has 3 rings (SSSR count). The van der Waals surface area contributed by atoms with Gasteiger partial charge in [-0.2, -0.15) is 10.2 Å². The van der Waals surface area contributed by atoms with Gasteiger partial charge in [0.15, 0.2) is 5.96 Å². The average Bonchev–Trinajstić information content (AvgIpc) is 3.37. The largest absolute Gasteiger partial charge is 0.357 e. The van der Waals surface area contributed by atoms with Crippen LogP contribution in [0.4, 0.5) is 0 Å². The molecular weight excluding hydrogens is 501 g/mol. The molecule has 168 valence electrons. The van der Waals surface area contributed by atoms with Crippen molar-refractivity contribution in [3.05, 3.63) is 70.8 Å². The summed E-state index contributed by atoms with van der Waals surface area (Å²) in [5.41, 5.74) is 6.15. The quantitative estimate of drug-likeness (QED) is 0.249. The molecule has 0 atom stereocenters. The standard InChI is InChI=1S/C23H33N7.HI/c1-5-21-20(22(6-2)29(4)28-21)16-26-23(24-7-3)25-15-18-11-8-9-12-19(18)17-30-14-10-13-27-30;/h8-14H,5-7,15-17H2,1-4H3,(H2,24,25,26);1H. The molecule has 0 saturated carbocycles. The first-order valence-electron chi connectivity index (χ1n) is 10.8. The van der Waals surface area contributed by atoms with Gasteiger partial charge in [0.1, 0.15) is 0 Å². The zero-order valence-corrected chi connectivity index (χ0v) is 21.3. The fraction of sp³-hybridized carbons (Fsp3) is 0.435. The van der Waals surface area contributed by atoms with E-state index in [2.05, 4.69) is 65.9 Å². The summed E-state index contributed by atoms with van der Waals surface area (Å²) in [5.74, 6) is 0.819. The Labute approximate surface area is 202 Å². The van der Waals surface area contributed by atoms with E-state index in [9.17, 15) is 0 Å². The van der Waals surface area contributed by atoms with Crippen molar-refractivity contribution in [2.75, 3.05) is 6.54 Å². The molecule has 0 fully saturated rings. The molecule has 2 aromatic heterocycles. The van der Waals surface area contributed by atoms with E-state index in [4.69, 9.17) is 4.99 Å². The number of benzene rings is 1. The number of nitrogens with one attached hydrogen (secondary N) is 2. The third-order valence-electron chi connectivity index (χ3n) is 5.22. The smallest absolute Gasteiger partial charge is 0.191 e. The maximum atomic E-state index is 4.84. The Kier molecular flexibility index (Phi) is 10.0. The van der Waals surface area contributed by atoms with E-state index in [0.29, 0.717) is 6.54 Å². The highest BCUT2D eigenvalue weighted by atomic mass is 127. The summed E-state index contributed by atoms with van der Waals surface area (Å²) in [6, 6.07) is 10.4. The number of rotatable bonds is 9. The van der Waals surface area contributed by atoms with Gasteiger partial charge in [-0.3, -0.25) is 9.36 Å². The van der Waals surface area contributed by atoms with Crippen LogP contribution in [0.3, 0.4) is 0 Å². The van der Waals surface area contributed by atoms with Crippen LogP contribution < -0.4 is 10.6 Å². The van der Waals surface area contributed by atoms with Crippen LogP contribution in [0, 0.1) is 0 Å². The molecule has 0 aliphatic carbocycles. The first-order valence-corrected chi connectivity index (χ1v) is 10.8. The molecule has 3 aromatic rings. The lowest BCUT2D eigenvalue weighted by atomic mass is 10.1. The molecule has 7 nitrogen and oxygen atoms in total. The highest BCUT2D eigenvalue weighted by molar-refractivity contribution is 14.0. The zero-order chi connectivity index (χ0) is 21.3. The topological polar surface area (TPSA) is 72.1 Å². The summed E-state index contributed by atoms with van der Waals surface area (Å²) in [6.07, 6.45) is 5.69. The molecule has 0 amide bonds. The monoisotopic (exact) mass is 535 g/mol. The van der Waals surface area contributed by atoms with Crippen LogP contribution in [0.15, 0.2) is 47.7 Å². The molecule has 0 aliphatic rings. The second-order valence-corrected chi connectivity index (χ2v) is 7.22. The van der Waals surface area contributed by atoms with Crippen molar-refractivity contribution in [2.45, 2.75) is 53.2 Å². The lowest BCUT2D eigenvalue weighted by Gasteiger charge is -2.13. The number of nitrogens with zero attached hydrogens (tertiary/aromatic N) is 5. The zero-order valence-electron chi connectivity index (χ0n) is 18.9. The minimum atomic E-state index is 0. The maximum absolute atomic E-state index is 4.84. The molecule has 0 aliphatic heterocycles. The van der Waals surface area contributed by atoms with Crippen molar-refractivity contribution in [3.8, 4) is 0 Å². The fourth-order valence-corrected chi connectivity index (χ4v) is 3.71. The van der Waals surface area contributed by atoms with Gasteiger partial charge in [-0.25, -0.2) is 4.99 Å². The minimum Gasteiger partial charge on any atom is -0.357 e. The predicted molar refractivity (Wildman–Crippen MR) is 137 cm³/mol. The van der Waals surface area contributed by atoms with Gasteiger partial charge in [0.05, 0.1) is 18.8 Å². The number of hydrogen-bond donors (Lipinski definition) is 2. The SMILES string of the molecule is CCNC(=NCc1ccccc1Cn1cccn1)NCc1c(CC)nn(C)c1CC.I. The Morgan fingerprint density at radius 1 is 1.03 bits per heavy atom. The third kappa shape index (κ3) is 6.56. The van der Waals surface area contributed by atoms with Crippen LogP contribution in [0.25, 0.3) is 0 Å². The molecule has 2 N–H and O–H groups in total. The van der Waals surface area contributed by atoms with Gasteiger partial charge in [-0.1, -0.05) is 38.1 Å². The number of aliphatic imine (C=N–C) groups is 1. The van der Waals surface area contributed by atoms with Gasteiger partial charge < -0.3 is 10.6 Å². The van der Waals surface area contributed by atoms with Crippen LogP contribution in [0.2, 0.25) is 0 Å². The Morgan fingerprint density at radius 2 is 1.81 bits per heavy atom. The maximum Gasteiger partial charge on any atom is 0.191 e. The third-order valence-corrected chi connectivity index (χ3v) is 5.22. The van der Waals surface area contributed by atoms with Gasteiger partial charge in [0.2, 0.25) is 0 Å². The van der Waals surface area contributed by atoms with Crippen LogP contribution in [-0.4, -0.2) is 32.1 Å². The van der Waals surface area contributed by atoms with E-state index < -0.39 is 0 Å². The van der Waals surface area contributed by atoms with Crippen molar-refractivity contribution >= 4 is 29.9 Å². The molecule has 0 bridgehead atoms. The van der Waals surface area contributed by atoms with Gasteiger partial charge in [-0.15, -0.1) is 24.0 Å². The average molecular weight is 535 g/mol. The van der Waals surface area contributed by atoms with E-state index in [-0.39, 0.29) is 24.0 Å². The Hall–Kier alpha value is -2.36. The van der Waals surface area contributed by atoms with Crippen LogP contribution >= 0.6 is 24.0 Å². The van der Waals surface area contributed by atoms with Gasteiger partial charge in [0, 0.05) is 43.8 Å². The summed E-state index contributed by atoms with van der Waals surface area (Å²) < 4.78 is 3.94. The van der Waals surface area contributed by atoms with Crippen molar-refractivity contribution in [2.24, 2.45) is 12.0 Å². The van der Waals surface area contributed by atoms with Gasteiger partial charge in [-0.05, 0) is 37.0 Å². The number of halogens is 1. The minimum absolute atomic E-state index is 0. The summed E-state index contributed by atoms with van der Waals surface area (Å²) >= 11 is 0. The van der Waals surface area contributed by atoms with E-state index in [0.717, 1.165) is 44.1 Å². The first-order chi connectivity index (χ1) is 14.7. The van der Waals surface area contributed by atoms with Gasteiger partial charge in [0.25, 0.3) is 0 Å². The van der Waals surface area contributed by atoms with Crippen molar-refractivity contribution in [3.63, 3.8) is 0 Å². The van der Waals surface area contributed by atoms with Crippen molar-refractivity contribution < 1.29 is 0 Å². The van der Waals surface area contributed by atoms with E-state index in [1.807, 2.05) is 34.9 Å². The predicted octanol–water partition coefficient (Wildman–Crippen LogP) is 3.66. The highest BCUT2D eigenvalue weighted by Gasteiger charge is 2.14. The van der Waals surface area contributed by atoms with E-state index >= 15 is 0 Å². The van der Waals surface area contributed by atoms with E-state index in [1.165, 1.54) is 22.4 Å². The lowest BCUT2D eigenvalue weighted by molar-refractivity contribution is 0.680. The molecule has 0 unspecified atom stereocenters. The lowest BCUT2D eigenvalue weighted by Crippen LogP contribution is -2.37. The summed E-state index contributed by atoms with van der Waals surface area (Å²) in [4.78, 5) is 4.84. The number of guanidine groups is 1. The Bertz CT molecular complexity index is 960. The number of aryl methyl sites for hydroxylation is 2. The summed E-state index contributed by atoms with van der Waals surface area (Å²) in [7, 11) is 2.03. The normalized spacial score (nSPS) is 11.3. The fourth-order valence-electron chi connectivity index (χ4n) is 3.71. The molecule has 0 spiro atoms. The van der Waals surface area contributed by atoms with Crippen molar-refractivity contribution in [1.82, 2.24) is 30.2 Å². The Morgan fingerprint density at radius 3 is 2.45 bits per heavy atom. The second-order valence-electron chi connectivity index (χ2n) is 7.22. The first kappa shape index (κ1) is 24.9. The van der Waals surface area contributed by atoms with Crippen molar-refractivity contribution in [1.29, 1.82) is 0 Å². The molecule has 0 radical (unpaired) electrons. The molecular formula is C23H34IN7. The second kappa shape index (κ2) is 12.5. The van der Waals surface area contributed by atoms with E-state index in [1.54, 1.807) is 0 Å². The number of aromatic nitrogens is 4. The van der Waals surface area contributed by atoms with Crippen LogP contribution in [0.5, 0.6) is 0 Å². The molecule has 0 saturated heterocycles. The summed E-state index contributed by atoms with van der Waals surface area (Å²) in [5, 5.41) is 15.9. The molecule has 8 heteroatoms. The molecule has 2 heterocycles. The Balaban J connectivity index is 0.00000341. The van der Waals surface area contributed by atoms with Crippen LogP contribution in [-0.2, 0) is 39.5 Å². The highest BCUT2D eigenvalue weighted by Crippen LogP contribution is 2.15.